The maximum absolute atomic E-state index is 9.75. The van der Waals surface area contributed by atoms with Crippen molar-refractivity contribution < 1.29 is 0 Å². The molecule has 2 aromatic carbocycles. The topological polar surface area (TPSA) is 39.1 Å². The first-order valence-electron chi connectivity index (χ1n) is 8.42. The van der Waals surface area contributed by atoms with Gasteiger partial charge in [-0.3, -0.25) is 4.90 Å². The Morgan fingerprint density at radius 1 is 1.04 bits per heavy atom. The highest BCUT2D eigenvalue weighted by atomic mass is 15.2. The summed E-state index contributed by atoms with van der Waals surface area (Å²) >= 11 is 0. The molecule has 0 aliphatic carbocycles. The highest BCUT2D eigenvalue weighted by Gasteiger charge is 2.36. The molecule has 1 atom stereocenters. The van der Waals surface area contributed by atoms with Crippen LogP contribution in [0.4, 0.5) is 5.69 Å². The van der Waals surface area contributed by atoms with Crippen LogP contribution in [0.3, 0.4) is 0 Å². The van der Waals surface area contributed by atoms with E-state index in [-0.39, 0.29) is 6.04 Å². The van der Waals surface area contributed by atoms with Crippen LogP contribution < -0.4 is 5.32 Å². The molecule has 1 heterocycles. The van der Waals surface area contributed by atoms with Gasteiger partial charge in [-0.05, 0) is 30.5 Å². The van der Waals surface area contributed by atoms with E-state index < -0.39 is 5.54 Å². The zero-order valence-corrected chi connectivity index (χ0v) is 13.9. The van der Waals surface area contributed by atoms with Gasteiger partial charge in [0, 0.05) is 18.8 Å². The van der Waals surface area contributed by atoms with Gasteiger partial charge in [-0.25, -0.2) is 0 Å². The smallest absolute Gasteiger partial charge is 0.127 e. The molecule has 1 fully saturated rings. The molecule has 122 valence electrons. The Bertz CT molecular complexity index is 695. The number of hydrogen-bond acceptors (Lipinski definition) is 3. The molecule has 3 heteroatoms. The Kier molecular flexibility index (Phi) is 4.98. The van der Waals surface area contributed by atoms with Gasteiger partial charge in [-0.1, -0.05) is 54.6 Å². The largest absolute Gasteiger partial charge is 0.367 e. The second kappa shape index (κ2) is 7.33. The summed E-state index contributed by atoms with van der Waals surface area (Å²) in [5, 5.41) is 13.2. The summed E-state index contributed by atoms with van der Waals surface area (Å²) < 4.78 is 0. The van der Waals surface area contributed by atoms with Crippen molar-refractivity contribution in [3.05, 3.63) is 78.9 Å². The van der Waals surface area contributed by atoms with Gasteiger partial charge in [0.15, 0.2) is 0 Å². The summed E-state index contributed by atoms with van der Waals surface area (Å²) in [6.07, 6.45) is 3.60. The predicted octanol–water partition coefficient (Wildman–Crippen LogP) is 4.38. The lowest BCUT2D eigenvalue weighted by atomic mass is 9.87. The first-order chi connectivity index (χ1) is 11.8. The van der Waals surface area contributed by atoms with E-state index in [1.807, 2.05) is 42.5 Å². The third kappa shape index (κ3) is 3.50. The lowest BCUT2D eigenvalue weighted by Crippen LogP contribution is -2.49. The molecule has 1 aliphatic rings. The fourth-order valence-electron chi connectivity index (χ4n) is 3.39. The van der Waals surface area contributed by atoms with Crippen molar-refractivity contribution in [1.82, 2.24) is 4.90 Å². The lowest BCUT2D eigenvalue weighted by molar-refractivity contribution is 0.165. The molecule has 0 radical (unpaired) electrons. The van der Waals surface area contributed by atoms with E-state index in [2.05, 4.69) is 47.1 Å². The summed E-state index contributed by atoms with van der Waals surface area (Å²) in [6, 6.07) is 23.2. The fourth-order valence-corrected chi connectivity index (χ4v) is 3.39. The molecule has 1 aliphatic heterocycles. The number of rotatable bonds is 5. The number of anilines is 1. The third-order valence-electron chi connectivity index (χ3n) is 4.78. The van der Waals surface area contributed by atoms with Crippen LogP contribution >= 0.6 is 0 Å². The Morgan fingerprint density at radius 2 is 1.62 bits per heavy atom. The minimum absolute atomic E-state index is 0.208. The van der Waals surface area contributed by atoms with Crippen molar-refractivity contribution in [3.63, 3.8) is 0 Å². The summed E-state index contributed by atoms with van der Waals surface area (Å²) in [6.45, 7) is 5.76. The molecule has 0 aromatic heterocycles. The number of hydrogen-bond donors (Lipinski definition) is 1. The predicted molar refractivity (Wildman–Crippen MR) is 98.6 cm³/mol. The fraction of sp³-hybridized carbons (Fsp3) is 0.286. The Hall–Kier alpha value is -2.57. The maximum atomic E-state index is 9.75. The van der Waals surface area contributed by atoms with Gasteiger partial charge < -0.3 is 5.32 Å². The molecule has 24 heavy (non-hydrogen) atoms. The molecule has 1 N–H and O–H groups in total. The van der Waals surface area contributed by atoms with E-state index in [1.165, 1.54) is 5.56 Å². The summed E-state index contributed by atoms with van der Waals surface area (Å²) in [4.78, 5) is 2.41. The van der Waals surface area contributed by atoms with Crippen molar-refractivity contribution in [2.45, 2.75) is 24.4 Å². The number of nitrogens with one attached hydrogen (secondary N) is 1. The van der Waals surface area contributed by atoms with Gasteiger partial charge in [0.05, 0.1) is 12.1 Å². The van der Waals surface area contributed by atoms with E-state index >= 15 is 0 Å². The van der Waals surface area contributed by atoms with Gasteiger partial charge >= 0.3 is 0 Å². The van der Waals surface area contributed by atoms with E-state index in [0.717, 1.165) is 31.6 Å². The van der Waals surface area contributed by atoms with Crippen LogP contribution in [0, 0.1) is 11.3 Å². The summed E-state index contributed by atoms with van der Waals surface area (Å²) in [5.74, 6) is 0. The molecule has 2 aromatic rings. The summed E-state index contributed by atoms with van der Waals surface area (Å²) in [5.41, 5.74) is 1.78. The molecular weight excluding hydrogens is 294 g/mol. The maximum Gasteiger partial charge on any atom is 0.127 e. The molecule has 0 amide bonds. The van der Waals surface area contributed by atoms with Crippen molar-refractivity contribution in [1.29, 1.82) is 5.26 Å². The molecule has 1 unspecified atom stereocenters. The van der Waals surface area contributed by atoms with Crippen LogP contribution in [0.2, 0.25) is 0 Å². The van der Waals surface area contributed by atoms with Crippen LogP contribution in [-0.4, -0.2) is 23.5 Å². The first kappa shape index (κ1) is 16.3. The van der Waals surface area contributed by atoms with Crippen molar-refractivity contribution in [2.75, 3.05) is 18.4 Å². The molecule has 1 saturated heterocycles. The Morgan fingerprint density at radius 3 is 2.17 bits per heavy atom. The Labute approximate surface area is 144 Å². The quantitative estimate of drug-likeness (QED) is 0.832. The average Bonchev–Trinajstić information content (AvgIpc) is 2.65. The molecule has 0 spiro atoms. The monoisotopic (exact) mass is 317 g/mol. The number of likely N-dealkylation sites (tertiary alicyclic amines) is 1. The minimum Gasteiger partial charge on any atom is -0.367 e. The number of nitriles is 1. The Balaban J connectivity index is 1.69. The normalized spacial score (nSPS) is 18.3. The van der Waals surface area contributed by atoms with Gasteiger partial charge in [0.25, 0.3) is 0 Å². The van der Waals surface area contributed by atoms with E-state index in [1.54, 1.807) is 0 Å². The zero-order chi connectivity index (χ0) is 16.8. The standard InChI is InChI=1S/C21H23N3/c1-2-20(18-9-5-3-6-10-18)24-15-13-21(17-22,14-16-24)23-19-11-7-4-8-12-19/h2-12,20,23H,1,13-16H2. The van der Waals surface area contributed by atoms with Gasteiger partial charge in [-0.15, -0.1) is 6.58 Å². The number of piperidine rings is 1. The zero-order valence-electron chi connectivity index (χ0n) is 13.9. The van der Waals surface area contributed by atoms with Crippen LogP contribution in [0.25, 0.3) is 0 Å². The molecule has 0 saturated carbocycles. The summed E-state index contributed by atoms with van der Waals surface area (Å²) in [7, 11) is 0. The van der Waals surface area contributed by atoms with Gasteiger partial charge in [0.2, 0.25) is 0 Å². The number of nitrogens with zero attached hydrogens (tertiary/aromatic N) is 2. The van der Waals surface area contributed by atoms with Crippen molar-refractivity contribution in [3.8, 4) is 6.07 Å². The van der Waals surface area contributed by atoms with Crippen molar-refractivity contribution >= 4 is 5.69 Å². The van der Waals surface area contributed by atoms with E-state index in [4.69, 9.17) is 0 Å². The number of para-hydroxylation sites is 1. The highest BCUT2D eigenvalue weighted by Crippen LogP contribution is 2.31. The van der Waals surface area contributed by atoms with E-state index in [0.29, 0.717) is 0 Å². The van der Waals surface area contributed by atoms with Crippen LogP contribution in [0.1, 0.15) is 24.4 Å². The highest BCUT2D eigenvalue weighted by molar-refractivity contribution is 5.47. The average molecular weight is 317 g/mol. The first-order valence-corrected chi connectivity index (χ1v) is 8.42. The molecule has 0 bridgehead atoms. The molecular formula is C21H23N3. The third-order valence-corrected chi connectivity index (χ3v) is 4.78. The minimum atomic E-state index is -0.486. The second-order valence-electron chi connectivity index (χ2n) is 6.31. The van der Waals surface area contributed by atoms with Crippen LogP contribution in [0.5, 0.6) is 0 Å². The second-order valence-corrected chi connectivity index (χ2v) is 6.31. The SMILES string of the molecule is C=CC(c1ccccc1)N1CCC(C#N)(Nc2ccccc2)CC1. The van der Waals surface area contributed by atoms with E-state index in [9.17, 15) is 5.26 Å². The molecule has 3 nitrogen and oxygen atoms in total. The van der Waals surface area contributed by atoms with Gasteiger partial charge in [-0.2, -0.15) is 5.26 Å². The van der Waals surface area contributed by atoms with Crippen LogP contribution in [-0.2, 0) is 0 Å². The van der Waals surface area contributed by atoms with Gasteiger partial charge in [0.1, 0.15) is 5.54 Å². The number of benzene rings is 2. The lowest BCUT2D eigenvalue weighted by Gasteiger charge is -2.41. The van der Waals surface area contributed by atoms with Crippen molar-refractivity contribution in [2.24, 2.45) is 0 Å². The molecule has 3 rings (SSSR count). The van der Waals surface area contributed by atoms with Crippen LogP contribution in [0.15, 0.2) is 73.3 Å².